The van der Waals surface area contributed by atoms with E-state index in [1.807, 2.05) is 6.92 Å². The van der Waals surface area contributed by atoms with Gasteiger partial charge < -0.3 is 25.0 Å². The van der Waals surface area contributed by atoms with E-state index in [1.54, 1.807) is 24.3 Å². The molecule has 0 spiro atoms. The Bertz CT molecular complexity index is 379. The smallest absolute Gasteiger partial charge is 0.258 e. The molecule has 0 aliphatic carbocycles. The lowest BCUT2D eigenvalue weighted by Crippen LogP contribution is -2.36. The van der Waals surface area contributed by atoms with Crippen molar-refractivity contribution in [3.05, 3.63) is 24.3 Å². The number of aliphatic hydroxyl groups is 2. The molecule has 106 valence electrons. The summed E-state index contributed by atoms with van der Waals surface area (Å²) >= 11 is 0. The molecule has 0 aliphatic rings. The van der Waals surface area contributed by atoms with E-state index in [-0.39, 0.29) is 25.7 Å². The third-order valence-corrected chi connectivity index (χ3v) is 2.25. The van der Waals surface area contributed by atoms with Crippen molar-refractivity contribution in [2.24, 2.45) is 0 Å². The topological polar surface area (TPSA) is 88.0 Å². The third kappa shape index (κ3) is 6.08. The molecule has 0 bridgehead atoms. The quantitative estimate of drug-likeness (QED) is 0.615. The number of aliphatic hydroxyl groups excluding tert-OH is 2. The summed E-state index contributed by atoms with van der Waals surface area (Å²) in [5.74, 6) is 0.938. The molecule has 6 heteroatoms. The third-order valence-electron chi connectivity index (χ3n) is 2.25. The highest BCUT2D eigenvalue weighted by molar-refractivity contribution is 5.77. The van der Waals surface area contributed by atoms with E-state index >= 15 is 0 Å². The number of amides is 1. The number of hydrogen-bond donors (Lipinski definition) is 3. The largest absolute Gasteiger partial charge is 0.494 e. The van der Waals surface area contributed by atoms with Gasteiger partial charge in [-0.05, 0) is 31.2 Å². The standard InChI is InChI=1S/C13H19NO5/c1-2-18-11-3-5-12(6-4-11)19-9-13(17)14-7-10(16)8-15/h3-6,10,15-16H,2,7-9H2,1H3,(H,14,17). The fourth-order valence-electron chi connectivity index (χ4n) is 1.29. The normalized spacial score (nSPS) is 11.7. The molecule has 3 N–H and O–H groups in total. The van der Waals surface area contributed by atoms with Gasteiger partial charge in [0.1, 0.15) is 11.5 Å². The molecule has 0 saturated carbocycles. The average Bonchev–Trinajstić information content (AvgIpc) is 2.44. The Morgan fingerprint density at radius 3 is 2.37 bits per heavy atom. The molecule has 1 atom stereocenters. The van der Waals surface area contributed by atoms with E-state index in [0.717, 1.165) is 5.75 Å². The Morgan fingerprint density at radius 1 is 1.26 bits per heavy atom. The number of carbonyl (C=O) groups is 1. The monoisotopic (exact) mass is 269 g/mol. The van der Waals surface area contributed by atoms with Gasteiger partial charge in [0.05, 0.1) is 19.3 Å². The maximum Gasteiger partial charge on any atom is 0.258 e. The molecule has 1 aromatic rings. The number of nitrogens with one attached hydrogen (secondary N) is 1. The minimum absolute atomic E-state index is 0.00196. The molecule has 19 heavy (non-hydrogen) atoms. The molecule has 0 fully saturated rings. The number of hydrogen-bond acceptors (Lipinski definition) is 5. The summed E-state index contributed by atoms with van der Waals surface area (Å²) < 4.78 is 10.5. The minimum atomic E-state index is -0.950. The van der Waals surface area contributed by atoms with Crippen molar-refractivity contribution < 1.29 is 24.5 Å². The van der Waals surface area contributed by atoms with Gasteiger partial charge >= 0.3 is 0 Å². The Balaban J connectivity index is 2.29. The van der Waals surface area contributed by atoms with E-state index in [9.17, 15) is 4.79 Å². The van der Waals surface area contributed by atoms with Crippen LogP contribution in [0.5, 0.6) is 11.5 Å². The molecule has 0 radical (unpaired) electrons. The Hall–Kier alpha value is -1.79. The number of rotatable bonds is 8. The molecule has 1 aromatic carbocycles. The first-order valence-electron chi connectivity index (χ1n) is 6.07. The van der Waals surface area contributed by atoms with Crippen LogP contribution in [0.25, 0.3) is 0 Å². The summed E-state index contributed by atoms with van der Waals surface area (Å²) in [5.41, 5.74) is 0. The molecular formula is C13H19NO5. The fraction of sp³-hybridized carbons (Fsp3) is 0.462. The van der Waals surface area contributed by atoms with Crippen LogP contribution in [0.15, 0.2) is 24.3 Å². The number of benzene rings is 1. The van der Waals surface area contributed by atoms with Crippen LogP contribution in [0, 0.1) is 0 Å². The van der Waals surface area contributed by atoms with Crippen molar-refractivity contribution >= 4 is 5.91 Å². The molecule has 0 saturated heterocycles. The van der Waals surface area contributed by atoms with Gasteiger partial charge in [-0.1, -0.05) is 0 Å². The number of carbonyl (C=O) groups excluding carboxylic acids is 1. The van der Waals surface area contributed by atoms with Crippen LogP contribution in [0.4, 0.5) is 0 Å². The first kappa shape index (κ1) is 15.3. The van der Waals surface area contributed by atoms with Crippen LogP contribution in [0.1, 0.15) is 6.92 Å². The van der Waals surface area contributed by atoms with E-state index in [2.05, 4.69) is 5.32 Å². The SMILES string of the molecule is CCOc1ccc(OCC(=O)NCC(O)CO)cc1. The number of ether oxygens (including phenoxy) is 2. The summed E-state index contributed by atoms with van der Waals surface area (Å²) in [5, 5.41) is 20.1. The van der Waals surface area contributed by atoms with Crippen LogP contribution in [0.2, 0.25) is 0 Å². The van der Waals surface area contributed by atoms with Crippen LogP contribution in [-0.4, -0.2) is 48.6 Å². The summed E-state index contributed by atoms with van der Waals surface area (Å²) in [6, 6.07) is 6.93. The molecule has 6 nitrogen and oxygen atoms in total. The highest BCUT2D eigenvalue weighted by Crippen LogP contribution is 2.17. The van der Waals surface area contributed by atoms with E-state index in [0.29, 0.717) is 12.4 Å². The second-order valence-electron chi connectivity index (χ2n) is 3.83. The van der Waals surface area contributed by atoms with Crippen LogP contribution in [-0.2, 0) is 4.79 Å². The fourth-order valence-corrected chi connectivity index (χ4v) is 1.29. The summed E-state index contributed by atoms with van der Waals surface area (Å²) in [6.45, 7) is 1.96. The van der Waals surface area contributed by atoms with Crippen LogP contribution in [0.3, 0.4) is 0 Å². The Morgan fingerprint density at radius 2 is 1.84 bits per heavy atom. The van der Waals surface area contributed by atoms with Gasteiger partial charge in [-0.15, -0.1) is 0 Å². The van der Waals surface area contributed by atoms with Gasteiger partial charge in [0.15, 0.2) is 6.61 Å². The van der Waals surface area contributed by atoms with Crippen molar-refractivity contribution in [2.45, 2.75) is 13.0 Å². The van der Waals surface area contributed by atoms with E-state index in [1.165, 1.54) is 0 Å². The van der Waals surface area contributed by atoms with Gasteiger partial charge in [-0.25, -0.2) is 0 Å². The van der Waals surface area contributed by atoms with Gasteiger partial charge in [-0.2, -0.15) is 0 Å². The lowest BCUT2D eigenvalue weighted by Gasteiger charge is -2.10. The second kappa shape index (κ2) is 8.34. The van der Waals surface area contributed by atoms with E-state index < -0.39 is 6.10 Å². The first-order chi connectivity index (χ1) is 9.15. The second-order valence-corrected chi connectivity index (χ2v) is 3.83. The first-order valence-corrected chi connectivity index (χ1v) is 6.07. The zero-order chi connectivity index (χ0) is 14.1. The molecule has 1 amide bonds. The van der Waals surface area contributed by atoms with Gasteiger partial charge in [0.25, 0.3) is 5.91 Å². The molecule has 1 unspecified atom stereocenters. The van der Waals surface area contributed by atoms with Gasteiger partial charge in [0.2, 0.25) is 0 Å². The Labute approximate surface area is 112 Å². The average molecular weight is 269 g/mol. The molecule has 0 heterocycles. The van der Waals surface area contributed by atoms with Crippen LogP contribution < -0.4 is 14.8 Å². The lowest BCUT2D eigenvalue weighted by atomic mass is 10.3. The lowest BCUT2D eigenvalue weighted by molar-refractivity contribution is -0.123. The maximum atomic E-state index is 11.4. The van der Waals surface area contributed by atoms with Crippen molar-refractivity contribution in [3.63, 3.8) is 0 Å². The zero-order valence-electron chi connectivity index (χ0n) is 10.8. The van der Waals surface area contributed by atoms with E-state index in [4.69, 9.17) is 19.7 Å². The van der Waals surface area contributed by atoms with Gasteiger partial charge in [0, 0.05) is 6.54 Å². The molecule has 0 aliphatic heterocycles. The van der Waals surface area contributed by atoms with Crippen molar-refractivity contribution in [1.29, 1.82) is 0 Å². The highest BCUT2D eigenvalue weighted by Gasteiger charge is 2.06. The summed E-state index contributed by atoms with van der Waals surface area (Å²) in [4.78, 5) is 11.4. The summed E-state index contributed by atoms with van der Waals surface area (Å²) in [7, 11) is 0. The molecule has 1 rings (SSSR count). The predicted molar refractivity (Wildman–Crippen MR) is 69.2 cm³/mol. The molecule has 0 aromatic heterocycles. The zero-order valence-corrected chi connectivity index (χ0v) is 10.8. The van der Waals surface area contributed by atoms with Gasteiger partial charge in [-0.3, -0.25) is 4.79 Å². The van der Waals surface area contributed by atoms with Crippen molar-refractivity contribution in [3.8, 4) is 11.5 Å². The summed E-state index contributed by atoms with van der Waals surface area (Å²) in [6.07, 6.45) is -0.950. The minimum Gasteiger partial charge on any atom is -0.494 e. The molecular weight excluding hydrogens is 250 g/mol. The van der Waals surface area contributed by atoms with Crippen molar-refractivity contribution in [1.82, 2.24) is 5.32 Å². The van der Waals surface area contributed by atoms with Crippen LogP contribution >= 0.6 is 0 Å². The van der Waals surface area contributed by atoms with Crippen molar-refractivity contribution in [2.75, 3.05) is 26.4 Å². The maximum absolute atomic E-state index is 11.4. The Kier molecular flexibility index (Phi) is 6.70. The highest BCUT2D eigenvalue weighted by atomic mass is 16.5. The predicted octanol–water partition coefficient (Wildman–Crippen LogP) is -0.0665.